The summed E-state index contributed by atoms with van der Waals surface area (Å²) in [5, 5.41) is 4.12. The lowest BCUT2D eigenvalue weighted by Gasteiger charge is -2.08. The zero-order chi connectivity index (χ0) is 19.3. The van der Waals surface area contributed by atoms with Crippen LogP contribution in [0.3, 0.4) is 0 Å². The second kappa shape index (κ2) is 8.81. The number of nitrogens with one attached hydrogen (secondary N) is 2. The highest BCUT2D eigenvalue weighted by Crippen LogP contribution is 2.22. The Bertz CT molecular complexity index is 859. The summed E-state index contributed by atoms with van der Waals surface area (Å²) in [7, 11) is 0. The summed E-state index contributed by atoms with van der Waals surface area (Å²) < 4.78 is 44.7. The summed E-state index contributed by atoms with van der Waals surface area (Å²) >= 11 is 4.30. The predicted molar refractivity (Wildman–Crippen MR) is 90.3 cm³/mol. The van der Waals surface area contributed by atoms with Crippen molar-refractivity contribution in [2.75, 3.05) is 18.5 Å². The molecule has 2 rings (SSSR count). The van der Waals surface area contributed by atoms with Crippen LogP contribution in [0.4, 0.5) is 18.9 Å². The molecule has 2 amide bonds. The van der Waals surface area contributed by atoms with Crippen LogP contribution in [0.1, 0.15) is 9.67 Å². The predicted octanol–water partition coefficient (Wildman–Crippen LogP) is 2.84. The number of benzene rings is 1. The molecule has 0 bridgehead atoms. The molecule has 0 radical (unpaired) electrons. The van der Waals surface area contributed by atoms with Gasteiger partial charge in [-0.05, 0) is 40.2 Å². The maximum Gasteiger partial charge on any atom is 0.348 e. The first kappa shape index (κ1) is 19.9. The number of hydrogen-bond acceptors (Lipinski definition) is 5. The Balaban J connectivity index is 1.77. The van der Waals surface area contributed by atoms with Gasteiger partial charge in [0.05, 0.1) is 16.0 Å². The van der Waals surface area contributed by atoms with E-state index in [1.807, 2.05) is 5.32 Å². The number of rotatable bonds is 6. The topological polar surface area (TPSA) is 84.5 Å². The van der Waals surface area contributed by atoms with Crippen LogP contribution in [-0.2, 0) is 14.3 Å². The average molecular weight is 451 g/mol. The number of hydrogen-bond donors (Lipinski definition) is 2. The minimum atomic E-state index is -1.72. The molecule has 11 heteroatoms. The van der Waals surface area contributed by atoms with Crippen molar-refractivity contribution in [1.29, 1.82) is 0 Å². The fourth-order valence-corrected chi connectivity index (χ4v) is 2.95. The quantitative estimate of drug-likeness (QED) is 0.523. The van der Waals surface area contributed by atoms with Gasteiger partial charge in [-0.25, -0.2) is 18.0 Å². The maximum atomic E-state index is 13.4. The Hall–Kier alpha value is -2.40. The highest BCUT2D eigenvalue weighted by molar-refractivity contribution is 9.11. The first-order valence-corrected chi connectivity index (χ1v) is 8.51. The molecular weight excluding hydrogens is 441 g/mol. The number of esters is 1. The van der Waals surface area contributed by atoms with Gasteiger partial charge in [-0.3, -0.25) is 9.59 Å². The molecule has 0 unspecified atom stereocenters. The lowest BCUT2D eigenvalue weighted by molar-refractivity contribution is -0.126. The summed E-state index contributed by atoms with van der Waals surface area (Å²) in [5.74, 6) is -7.02. The number of thiophene rings is 1. The van der Waals surface area contributed by atoms with E-state index in [0.717, 1.165) is 21.2 Å². The van der Waals surface area contributed by atoms with Gasteiger partial charge in [0, 0.05) is 0 Å². The molecule has 0 atom stereocenters. The minimum absolute atomic E-state index is 0.288. The number of carbonyl (C=O) groups is 3. The number of carbonyl (C=O) groups excluding carboxylic acids is 3. The summed E-state index contributed by atoms with van der Waals surface area (Å²) in [6.07, 6.45) is 0. The largest absolute Gasteiger partial charge is 0.451 e. The highest BCUT2D eigenvalue weighted by Gasteiger charge is 2.16. The molecule has 2 aromatic rings. The Morgan fingerprint density at radius 2 is 1.77 bits per heavy atom. The molecule has 0 saturated carbocycles. The van der Waals surface area contributed by atoms with Crippen LogP contribution >= 0.6 is 27.3 Å². The van der Waals surface area contributed by atoms with Gasteiger partial charge in [-0.15, -0.1) is 11.3 Å². The Kier molecular flexibility index (Phi) is 6.75. The number of halogens is 4. The van der Waals surface area contributed by atoms with Crippen LogP contribution < -0.4 is 10.6 Å². The van der Waals surface area contributed by atoms with E-state index in [9.17, 15) is 27.6 Å². The van der Waals surface area contributed by atoms with Crippen LogP contribution in [0.25, 0.3) is 0 Å². The highest BCUT2D eigenvalue weighted by atomic mass is 79.9. The van der Waals surface area contributed by atoms with Crippen molar-refractivity contribution in [3.05, 3.63) is 50.4 Å². The van der Waals surface area contributed by atoms with Crippen molar-refractivity contribution in [2.24, 2.45) is 0 Å². The summed E-state index contributed by atoms with van der Waals surface area (Å²) in [6.45, 7) is -1.21. The molecule has 0 fully saturated rings. The maximum absolute atomic E-state index is 13.4. The van der Waals surface area contributed by atoms with E-state index in [1.165, 1.54) is 6.07 Å². The molecule has 6 nitrogen and oxygen atoms in total. The Morgan fingerprint density at radius 1 is 1.04 bits per heavy atom. The van der Waals surface area contributed by atoms with E-state index in [-0.39, 0.29) is 4.88 Å². The zero-order valence-corrected chi connectivity index (χ0v) is 15.2. The molecule has 0 aliphatic heterocycles. The van der Waals surface area contributed by atoms with Crippen LogP contribution in [-0.4, -0.2) is 30.9 Å². The van der Waals surface area contributed by atoms with Gasteiger partial charge in [0.25, 0.3) is 5.91 Å². The van der Waals surface area contributed by atoms with Crippen LogP contribution in [0.5, 0.6) is 0 Å². The number of amides is 2. The van der Waals surface area contributed by atoms with Crippen LogP contribution in [0, 0.1) is 17.5 Å². The lowest BCUT2D eigenvalue weighted by atomic mass is 10.2. The van der Waals surface area contributed by atoms with E-state index in [0.29, 0.717) is 6.07 Å². The summed E-state index contributed by atoms with van der Waals surface area (Å²) in [5.41, 5.74) is -0.571. The fourth-order valence-electron chi connectivity index (χ4n) is 1.67. The third kappa shape index (κ3) is 5.30. The molecule has 1 aromatic heterocycles. The van der Waals surface area contributed by atoms with Gasteiger partial charge in [0.2, 0.25) is 5.91 Å². The van der Waals surface area contributed by atoms with Crippen molar-refractivity contribution >= 4 is 50.7 Å². The average Bonchev–Trinajstić information content (AvgIpc) is 3.05. The van der Waals surface area contributed by atoms with Crippen molar-refractivity contribution in [3.8, 4) is 0 Å². The minimum Gasteiger partial charge on any atom is -0.451 e. The first-order valence-electron chi connectivity index (χ1n) is 6.90. The van der Waals surface area contributed by atoms with E-state index in [1.54, 1.807) is 6.07 Å². The van der Waals surface area contributed by atoms with E-state index in [2.05, 4.69) is 21.2 Å². The molecule has 2 N–H and O–H groups in total. The van der Waals surface area contributed by atoms with Gasteiger partial charge in [-0.1, -0.05) is 0 Å². The third-order valence-corrected chi connectivity index (χ3v) is 4.47. The molecular formula is C15H10BrF3N2O4S. The fraction of sp³-hybridized carbons (Fsp3) is 0.133. The van der Waals surface area contributed by atoms with Crippen molar-refractivity contribution < 1.29 is 32.3 Å². The Morgan fingerprint density at radius 3 is 2.42 bits per heavy atom. The van der Waals surface area contributed by atoms with Gasteiger partial charge in [0.15, 0.2) is 24.1 Å². The molecule has 0 spiro atoms. The van der Waals surface area contributed by atoms with Gasteiger partial charge in [0.1, 0.15) is 4.88 Å². The smallest absolute Gasteiger partial charge is 0.348 e. The van der Waals surface area contributed by atoms with Crippen molar-refractivity contribution in [2.45, 2.75) is 0 Å². The van der Waals surface area contributed by atoms with Crippen LogP contribution in [0.2, 0.25) is 0 Å². The SMILES string of the molecule is O=C(COC(=O)c1ccc(Br)s1)NCC(=O)Nc1ccc(F)c(F)c1F. The molecule has 0 aliphatic carbocycles. The van der Waals surface area contributed by atoms with Gasteiger partial charge < -0.3 is 15.4 Å². The standard InChI is InChI=1S/C15H10BrF3N2O4S/c16-10-4-3-9(26-10)15(24)25-6-12(23)20-5-11(22)21-8-2-1-7(17)13(18)14(8)19/h1-4H,5-6H2,(H,20,23)(H,21,22). The summed E-state index contributed by atoms with van der Waals surface area (Å²) in [6, 6.07) is 4.64. The monoisotopic (exact) mass is 450 g/mol. The molecule has 1 aromatic carbocycles. The van der Waals surface area contributed by atoms with Crippen molar-refractivity contribution in [1.82, 2.24) is 5.32 Å². The van der Waals surface area contributed by atoms with Crippen LogP contribution in [0.15, 0.2) is 28.1 Å². The van der Waals surface area contributed by atoms with Gasteiger partial charge in [-0.2, -0.15) is 0 Å². The van der Waals surface area contributed by atoms with E-state index < -0.39 is 54.1 Å². The van der Waals surface area contributed by atoms with E-state index >= 15 is 0 Å². The molecule has 0 saturated heterocycles. The Labute approximate surface area is 157 Å². The third-order valence-electron chi connectivity index (χ3n) is 2.86. The lowest BCUT2D eigenvalue weighted by Crippen LogP contribution is -2.35. The first-order chi connectivity index (χ1) is 12.3. The second-order valence-electron chi connectivity index (χ2n) is 4.73. The number of ether oxygens (including phenoxy) is 1. The molecule has 0 aliphatic rings. The molecule has 138 valence electrons. The number of anilines is 1. The summed E-state index contributed by atoms with van der Waals surface area (Å²) in [4.78, 5) is 35.1. The van der Waals surface area contributed by atoms with Crippen molar-refractivity contribution in [3.63, 3.8) is 0 Å². The normalized spacial score (nSPS) is 10.3. The second-order valence-corrected chi connectivity index (χ2v) is 7.19. The molecule has 1 heterocycles. The molecule has 26 heavy (non-hydrogen) atoms. The zero-order valence-electron chi connectivity index (χ0n) is 12.8. The van der Waals surface area contributed by atoms with E-state index in [4.69, 9.17) is 4.74 Å². The van der Waals surface area contributed by atoms with Gasteiger partial charge >= 0.3 is 5.97 Å².